The van der Waals surface area contributed by atoms with Crippen LogP contribution in [0.4, 0.5) is 5.82 Å². The molecule has 0 radical (unpaired) electrons. The minimum Gasteiger partial charge on any atom is -0.394 e. The van der Waals surface area contributed by atoms with Crippen LogP contribution >= 0.6 is 0 Å². The molecule has 1 saturated heterocycles. The van der Waals surface area contributed by atoms with Gasteiger partial charge in [-0.15, -0.1) is 0 Å². The molecule has 4 atom stereocenters. The summed E-state index contributed by atoms with van der Waals surface area (Å²) in [5.41, 5.74) is 4.61. The van der Waals surface area contributed by atoms with Crippen LogP contribution in [-0.2, 0) is 4.74 Å². The van der Waals surface area contributed by atoms with E-state index in [1.807, 2.05) is 0 Å². The predicted octanol–water partition coefficient (Wildman–Crippen LogP) is -2.60. The molecule has 0 aliphatic carbocycles. The molecule has 1 aliphatic heterocycles. The normalized spacial score (nSPS) is 30.5. The van der Waals surface area contributed by atoms with Crippen molar-refractivity contribution in [3.8, 4) is 0 Å². The van der Waals surface area contributed by atoms with E-state index in [-0.39, 0.29) is 0 Å². The second-order valence-corrected chi connectivity index (χ2v) is 4.11. The molecule has 106 valence electrons. The summed E-state index contributed by atoms with van der Waals surface area (Å²) in [6.45, 7) is -0.448. The Kier molecular flexibility index (Phi) is 4.12. The summed E-state index contributed by atoms with van der Waals surface area (Å²) in [6.07, 6.45) is -3.18. The molecule has 0 aromatic carbocycles. The molecule has 0 unspecified atom stereocenters. The Balaban J connectivity index is 2.25. The SMILES string of the molecule is CNNc1ccn([C@@H]2O[C@H](CO)[C@@H](O)[C@H]2O)c(=O)n1. The molecular weight excluding hydrogens is 256 g/mol. The van der Waals surface area contributed by atoms with E-state index in [0.29, 0.717) is 5.82 Å². The summed E-state index contributed by atoms with van der Waals surface area (Å²) in [7, 11) is 1.62. The molecule has 1 aromatic heterocycles. The van der Waals surface area contributed by atoms with Crippen molar-refractivity contribution in [3.05, 3.63) is 22.7 Å². The van der Waals surface area contributed by atoms with Gasteiger partial charge in [0.15, 0.2) is 6.23 Å². The van der Waals surface area contributed by atoms with Crippen LogP contribution in [0.5, 0.6) is 0 Å². The third-order valence-corrected chi connectivity index (χ3v) is 2.87. The Hall–Kier alpha value is -1.52. The molecule has 2 rings (SSSR count). The summed E-state index contributed by atoms with van der Waals surface area (Å²) < 4.78 is 6.30. The van der Waals surface area contributed by atoms with Gasteiger partial charge >= 0.3 is 5.69 Å². The van der Waals surface area contributed by atoms with Gasteiger partial charge < -0.3 is 25.5 Å². The van der Waals surface area contributed by atoms with E-state index in [4.69, 9.17) is 9.84 Å². The van der Waals surface area contributed by atoms with Gasteiger partial charge in [0.1, 0.15) is 24.1 Å². The second-order valence-electron chi connectivity index (χ2n) is 4.11. The van der Waals surface area contributed by atoms with E-state index in [1.54, 1.807) is 7.05 Å². The quantitative estimate of drug-likeness (QED) is 0.377. The minimum absolute atomic E-state index is 0.315. The van der Waals surface area contributed by atoms with Crippen molar-refractivity contribution < 1.29 is 20.1 Å². The number of nitrogens with one attached hydrogen (secondary N) is 2. The molecule has 0 amide bonds. The highest BCUT2D eigenvalue weighted by Crippen LogP contribution is 2.27. The molecule has 19 heavy (non-hydrogen) atoms. The third-order valence-electron chi connectivity index (χ3n) is 2.87. The minimum atomic E-state index is -1.31. The predicted molar refractivity (Wildman–Crippen MR) is 64.2 cm³/mol. The lowest BCUT2D eigenvalue weighted by atomic mass is 10.1. The lowest BCUT2D eigenvalue weighted by molar-refractivity contribution is -0.0549. The molecule has 1 aliphatic rings. The van der Waals surface area contributed by atoms with E-state index in [2.05, 4.69) is 15.8 Å². The van der Waals surface area contributed by atoms with Crippen LogP contribution in [0.2, 0.25) is 0 Å². The van der Waals surface area contributed by atoms with Crippen molar-refractivity contribution in [2.24, 2.45) is 0 Å². The highest BCUT2D eigenvalue weighted by Gasteiger charge is 2.43. The van der Waals surface area contributed by atoms with Crippen molar-refractivity contribution in [3.63, 3.8) is 0 Å². The number of aliphatic hydroxyl groups excluding tert-OH is 3. The smallest absolute Gasteiger partial charge is 0.351 e. The first-order valence-corrected chi connectivity index (χ1v) is 5.73. The third kappa shape index (κ3) is 2.60. The summed E-state index contributed by atoms with van der Waals surface area (Å²) in [6, 6.07) is 1.51. The van der Waals surface area contributed by atoms with Gasteiger partial charge in [0.05, 0.1) is 6.61 Å². The van der Waals surface area contributed by atoms with Gasteiger partial charge in [0.2, 0.25) is 0 Å². The van der Waals surface area contributed by atoms with Crippen LogP contribution in [0, 0.1) is 0 Å². The van der Waals surface area contributed by atoms with Crippen LogP contribution < -0.4 is 16.5 Å². The molecule has 9 heteroatoms. The summed E-state index contributed by atoms with van der Waals surface area (Å²) in [5.74, 6) is 0.315. The monoisotopic (exact) mass is 272 g/mol. The van der Waals surface area contributed by atoms with Crippen LogP contribution in [-0.4, -0.2) is 56.8 Å². The Bertz CT molecular complexity index is 493. The molecule has 1 aromatic rings. The fourth-order valence-corrected chi connectivity index (χ4v) is 1.91. The van der Waals surface area contributed by atoms with E-state index in [9.17, 15) is 15.0 Å². The lowest BCUT2D eigenvalue weighted by Gasteiger charge is -2.17. The van der Waals surface area contributed by atoms with E-state index < -0.39 is 36.8 Å². The van der Waals surface area contributed by atoms with Crippen LogP contribution in [0.3, 0.4) is 0 Å². The zero-order valence-corrected chi connectivity index (χ0v) is 10.2. The summed E-state index contributed by atoms with van der Waals surface area (Å²) >= 11 is 0. The fraction of sp³-hybridized carbons (Fsp3) is 0.600. The van der Waals surface area contributed by atoms with Gasteiger partial charge in [-0.05, 0) is 6.07 Å². The van der Waals surface area contributed by atoms with Gasteiger partial charge in [0, 0.05) is 13.2 Å². The summed E-state index contributed by atoms with van der Waals surface area (Å²) in [5, 5.41) is 28.4. The fourth-order valence-electron chi connectivity index (χ4n) is 1.91. The largest absolute Gasteiger partial charge is 0.394 e. The van der Waals surface area contributed by atoms with E-state index in [1.165, 1.54) is 12.3 Å². The maximum atomic E-state index is 11.8. The average Bonchev–Trinajstić information content (AvgIpc) is 2.67. The van der Waals surface area contributed by atoms with Gasteiger partial charge in [0.25, 0.3) is 0 Å². The molecule has 0 bridgehead atoms. The Morgan fingerprint density at radius 3 is 2.74 bits per heavy atom. The number of nitrogens with zero attached hydrogens (tertiary/aromatic N) is 2. The molecule has 9 nitrogen and oxygen atoms in total. The number of ether oxygens (including phenoxy) is 1. The van der Waals surface area contributed by atoms with Crippen LogP contribution in [0.1, 0.15) is 6.23 Å². The van der Waals surface area contributed by atoms with Crippen molar-refractivity contribution in [1.82, 2.24) is 15.0 Å². The number of aromatic nitrogens is 2. The van der Waals surface area contributed by atoms with E-state index >= 15 is 0 Å². The number of rotatable bonds is 4. The zero-order chi connectivity index (χ0) is 14.0. The Morgan fingerprint density at radius 1 is 1.47 bits per heavy atom. The number of aliphatic hydroxyl groups is 3. The lowest BCUT2D eigenvalue weighted by Crippen LogP contribution is -2.36. The van der Waals surface area contributed by atoms with E-state index in [0.717, 1.165) is 4.57 Å². The van der Waals surface area contributed by atoms with Gasteiger partial charge in [-0.3, -0.25) is 4.57 Å². The van der Waals surface area contributed by atoms with Gasteiger partial charge in [-0.2, -0.15) is 4.98 Å². The standard InChI is InChI=1S/C10H16N4O5/c1-11-13-6-2-3-14(10(18)12-6)9-8(17)7(16)5(4-15)19-9/h2-3,5,7-9,11,15-17H,4H2,1H3,(H,12,13,18)/t5-,7-,8-,9-/m1/s1. The molecule has 0 saturated carbocycles. The summed E-state index contributed by atoms with van der Waals surface area (Å²) in [4.78, 5) is 15.5. The second kappa shape index (κ2) is 5.63. The average molecular weight is 272 g/mol. The molecule has 2 heterocycles. The van der Waals surface area contributed by atoms with Crippen molar-refractivity contribution >= 4 is 5.82 Å². The zero-order valence-electron chi connectivity index (χ0n) is 10.2. The highest BCUT2D eigenvalue weighted by molar-refractivity contribution is 5.30. The number of anilines is 1. The molecule has 0 spiro atoms. The molecular formula is C10H16N4O5. The van der Waals surface area contributed by atoms with Crippen molar-refractivity contribution in [1.29, 1.82) is 0 Å². The maximum absolute atomic E-state index is 11.8. The molecule has 1 fully saturated rings. The molecule has 5 N–H and O–H groups in total. The Morgan fingerprint density at radius 2 is 2.21 bits per heavy atom. The highest BCUT2D eigenvalue weighted by atomic mass is 16.6. The van der Waals surface area contributed by atoms with Gasteiger partial charge in [-0.25, -0.2) is 10.2 Å². The van der Waals surface area contributed by atoms with Gasteiger partial charge in [-0.1, -0.05) is 0 Å². The van der Waals surface area contributed by atoms with Crippen LogP contribution in [0.15, 0.2) is 17.1 Å². The number of hydrogen-bond acceptors (Lipinski definition) is 8. The number of hydrogen-bond donors (Lipinski definition) is 5. The van der Waals surface area contributed by atoms with Crippen molar-refractivity contribution in [2.45, 2.75) is 24.5 Å². The van der Waals surface area contributed by atoms with Crippen molar-refractivity contribution in [2.75, 3.05) is 19.1 Å². The maximum Gasteiger partial charge on any atom is 0.351 e. The first-order chi connectivity index (χ1) is 9.08. The first-order valence-electron chi connectivity index (χ1n) is 5.73. The van der Waals surface area contributed by atoms with Crippen LogP contribution in [0.25, 0.3) is 0 Å². The number of hydrazine groups is 1. The topological polar surface area (TPSA) is 129 Å². The first kappa shape index (κ1) is 13.9. The Labute approximate surface area is 108 Å².